The average molecular weight is 209 g/mol. The summed E-state index contributed by atoms with van der Waals surface area (Å²) in [7, 11) is 0. The van der Waals surface area contributed by atoms with Gasteiger partial charge in [-0.1, -0.05) is 5.16 Å². The number of amides is 1. The summed E-state index contributed by atoms with van der Waals surface area (Å²) in [5.74, 6) is -0.302. The third-order valence-corrected chi connectivity index (χ3v) is 1.64. The first-order chi connectivity index (χ1) is 7.27. The van der Waals surface area contributed by atoms with Crippen molar-refractivity contribution in [1.82, 2.24) is 10.3 Å². The van der Waals surface area contributed by atoms with Crippen LogP contribution in [0.15, 0.2) is 23.5 Å². The first-order valence-corrected chi connectivity index (χ1v) is 4.30. The lowest BCUT2D eigenvalue weighted by Gasteiger charge is -2.02. The molecule has 0 spiro atoms. The van der Waals surface area contributed by atoms with Crippen LogP contribution < -0.4 is 5.32 Å². The van der Waals surface area contributed by atoms with Crippen LogP contribution in [0.25, 0.3) is 0 Å². The maximum atomic E-state index is 11.3. The minimum Gasteiger partial charge on any atom is -0.411 e. The zero-order valence-corrected chi connectivity index (χ0v) is 7.92. The Morgan fingerprint density at radius 3 is 2.93 bits per heavy atom. The molecule has 0 saturated heterocycles. The van der Waals surface area contributed by atoms with Crippen LogP contribution in [0.4, 0.5) is 0 Å². The van der Waals surface area contributed by atoms with E-state index >= 15 is 0 Å². The van der Waals surface area contributed by atoms with Gasteiger partial charge in [0.2, 0.25) is 0 Å². The maximum Gasteiger partial charge on any atom is 0.252 e. The second kappa shape index (κ2) is 5.71. The van der Waals surface area contributed by atoms with E-state index in [1.54, 1.807) is 12.1 Å². The predicted octanol–water partition coefficient (Wildman–Crippen LogP) is -0.388. The lowest BCUT2D eigenvalue weighted by Crippen LogP contribution is -2.26. The molecule has 1 amide bonds. The Morgan fingerprint density at radius 2 is 2.40 bits per heavy atom. The van der Waals surface area contributed by atoms with Crippen LogP contribution in [-0.4, -0.2) is 40.6 Å². The molecule has 1 aromatic heterocycles. The topological polar surface area (TPSA) is 94.8 Å². The first kappa shape index (κ1) is 11.1. The van der Waals surface area contributed by atoms with Crippen LogP contribution in [0.2, 0.25) is 0 Å². The van der Waals surface area contributed by atoms with Crippen molar-refractivity contribution in [1.29, 1.82) is 0 Å². The lowest BCUT2D eigenvalue weighted by molar-refractivity contribution is 0.0944. The van der Waals surface area contributed by atoms with Gasteiger partial charge in [0.1, 0.15) is 0 Å². The molecule has 0 radical (unpaired) electrons. The van der Waals surface area contributed by atoms with Gasteiger partial charge in [0.05, 0.1) is 24.1 Å². The van der Waals surface area contributed by atoms with Crippen LogP contribution in [0.1, 0.15) is 16.1 Å². The summed E-state index contributed by atoms with van der Waals surface area (Å²) < 4.78 is 0. The molecular weight excluding hydrogens is 198 g/mol. The van der Waals surface area contributed by atoms with E-state index in [0.717, 1.165) is 6.21 Å². The molecular formula is C9H11N3O3. The Hall–Kier alpha value is -1.95. The van der Waals surface area contributed by atoms with E-state index in [-0.39, 0.29) is 19.1 Å². The van der Waals surface area contributed by atoms with Gasteiger partial charge in [0, 0.05) is 12.7 Å². The Balaban J connectivity index is 2.66. The van der Waals surface area contributed by atoms with E-state index in [9.17, 15) is 4.79 Å². The Labute approximate surface area is 86.3 Å². The van der Waals surface area contributed by atoms with E-state index in [2.05, 4.69) is 15.5 Å². The second-order valence-electron chi connectivity index (χ2n) is 2.70. The number of rotatable bonds is 4. The number of nitrogens with one attached hydrogen (secondary N) is 1. The molecule has 0 fully saturated rings. The van der Waals surface area contributed by atoms with Gasteiger partial charge in [-0.25, -0.2) is 0 Å². The molecule has 6 heteroatoms. The average Bonchev–Trinajstić information content (AvgIpc) is 2.27. The summed E-state index contributed by atoms with van der Waals surface area (Å²) in [6.07, 6.45) is 2.53. The number of carbonyl (C=O) groups excluding carboxylic acids is 1. The fourth-order valence-corrected chi connectivity index (χ4v) is 0.947. The maximum absolute atomic E-state index is 11.3. The molecule has 0 atom stereocenters. The van der Waals surface area contributed by atoms with E-state index in [1.807, 2.05) is 0 Å². The quantitative estimate of drug-likeness (QED) is 0.357. The highest BCUT2D eigenvalue weighted by Crippen LogP contribution is 1.98. The van der Waals surface area contributed by atoms with Gasteiger partial charge >= 0.3 is 0 Å². The summed E-state index contributed by atoms with van der Waals surface area (Å²) in [6.45, 7) is 0.104. The van der Waals surface area contributed by atoms with Crippen LogP contribution in [0, 0.1) is 0 Å². The normalized spacial score (nSPS) is 10.5. The van der Waals surface area contributed by atoms with Crippen molar-refractivity contribution in [3.63, 3.8) is 0 Å². The van der Waals surface area contributed by atoms with Gasteiger partial charge in [0.15, 0.2) is 0 Å². The van der Waals surface area contributed by atoms with Crippen molar-refractivity contribution < 1.29 is 15.1 Å². The van der Waals surface area contributed by atoms with E-state index in [4.69, 9.17) is 10.3 Å². The molecule has 0 aliphatic rings. The van der Waals surface area contributed by atoms with Gasteiger partial charge in [-0.3, -0.25) is 9.78 Å². The van der Waals surface area contributed by atoms with Crippen molar-refractivity contribution in [3.05, 3.63) is 29.6 Å². The molecule has 0 aromatic carbocycles. The molecule has 0 bridgehead atoms. The van der Waals surface area contributed by atoms with E-state index in [1.165, 1.54) is 6.20 Å². The van der Waals surface area contributed by atoms with Gasteiger partial charge in [-0.2, -0.15) is 0 Å². The number of pyridine rings is 1. The number of nitrogens with zero attached hydrogens (tertiary/aromatic N) is 2. The SMILES string of the molecule is O=C(NCCO)c1ccc(/C=N\O)nc1. The van der Waals surface area contributed by atoms with Crippen molar-refractivity contribution in [2.75, 3.05) is 13.2 Å². The monoisotopic (exact) mass is 209 g/mol. The molecule has 1 rings (SSSR count). The summed E-state index contributed by atoms with van der Waals surface area (Å²) >= 11 is 0. The number of hydrogen-bond donors (Lipinski definition) is 3. The van der Waals surface area contributed by atoms with E-state index in [0.29, 0.717) is 11.3 Å². The molecule has 6 nitrogen and oxygen atoms in total. The summed E-state index contributed by atoms with van der Waals surface area (Å²) in [5.41, 5.74) is 0.842. The van der Waals surface area contributed by atoms with Crippen LogP contribution >= 0.6 is 0 Å². The van der Waals surface area contributed by atoms with Crippen LogP contribution in [-0.2, 0) is 0 Å². The number of aromatic nitrogens is 1. The zero-order valence-electron chi connectivity index (χ0n) is 7.92. The van der Waals surface area contributed by atoms with E-state index < -0.39 is 0 Å². The highest BCUT2D eigenvalue weighted by molar-refractivity contribution is 5.94. The fraction of sp³-hybridized carbons (Fsp3) is 0.222. The molecule has 1 heterocycles. The Bertz CT molecular complexity index is 348. The first-order valence-electron chi connectivity index (χ1n) is 4.30. The number of aliphatic hydroxyl groups is 1. The highest BCUT2D eigenvalue weighted by atomic mass is 16.4. The summed E-state index contributed by atoms with van der Waals surface area (Å²) in [5, 5.41) is 22.0. The molecule has 0 aliphatic heterocycles. The van der Waals surface area contributed by atoms with Crippen LogP contribution in [0.3, 0.4) is 0 Å². The highest BCUT2D eigenvalue weighted by Gasteiger charge is 2.04. The van der Waals surface area contributed by atoms with Crippen molar-refractivity contribution in [2.24, 2.45) is 5.16 Å². The van der Waals surface area contributed by atoms with Gasteiger partial charge in [0.25, 0.3) is 5.91 Å². The standard InChI is InChI=1S/C9H11N3O3/c13-4-3-10-9(14)7-1-2-8(6-12-15)11-5-7/h1-2,5-6,13,15H,3-4H2,(H,10,14)/b12-6-. The Morgan fingerprint density at radius 1 is 1.60 bits per heavy atom. The minimum absolute atomic E-state index is 0.103. The van der Waals surface area contributed by atoms with Crippen LogP contribution in [0.5, 0.6) is 0 Å². The summed E-state index contributed by atoms with van der Waals surface area (Å²) in [6, 6.07) is 3.10. The Kier molecular flexibility index (Phi) is 4.24. The molecule has 0 saturated carbocycles. The van der Waals surface area contributed by atoms with Gasteiger partial charge < -0.3 is 15.6 Å². The molecule has 80 valence electrons. The number of aliphatic hydroxyl groups excluding tert-OH is 1. The van der Waals surface area contributed by atoms with Gasteiger partial charge in [-0.05, 0) is 12.1 Å². The number of hydrogen-bond acceptors (Lipinski definition) is 5. The fourth-order valence-electron chi connectivity index (χ4n) is 0.947. The summed E-state index contributed by atoms with van der Waals surface area (Å²) in [4.78, 5) is 15.2. The van der Waals surface area contributed by atoms with Gasteiger partial charge in [-0.15, -0.1) is 0 Å². The smallest absolute Gasteiger partial charge is 0.252 e. The third kappa shape index (κ3) is 3.35. The van der Waals surface area contributed by atoms with Crippen molar-refractivity contribution >= 4 is 12.1 Å². The predicted molar refractivity (Wildman–Crippen MR) is 53.0 cm³/mol. The number of oxime groups is 1. The second-order valence-corrected chi connectivity index (χ2v) is 2.70. The molecule has 0 aliphatic carbocycles. The molecule has 3 N–H and O–H groups in total. The van der Waals surface area contributed by atoms with Crippen molar-refractivity contribution in [2.45, 2.75) is 0 Å². The number of carbonyl (C=O) groups is 1. The molecule has 0 unspecified atom stereocenters. The molecule has 15 heavy (non-hydrogen) atoms. The minimum atomic E-state index is -0.302. The largest absolute Gasteiger partial charge is 0.411 e. The zero-order chi connectivity index (χ0) is 11.1. The van der Waals surface area contributed by atoms with Crippen molar-refractivity contribution in [3.8, 4) is 0 Å². The lowest BCUT2D eigenvalue weighted by atomic mass is 10.2. The molecule has 1 aromatic rings. The third-order valence-electron chi connectivity index (χ3n) is 1.64.